The molecule has 50 valence electrons. The third-order valence-corrected chi connectivity index (χ3v) is 1.60. The van der Waals surface area contributed by atoms with Crippen LogP contribution in [0.25, 0.3) is 0 Å². The maximum Gasteiger partial charge on any atom is 0.157 e. The standard InChI is InChI=1S/C7H10O2/c8-5-6-3-1-2-4-7(6)9/h5,8H,1-4H2/p-1/b6-5+. The van der Waals surface area contributed by atoms with E-state index in [1.807, 2.05) is 0 Å². The van der Waals surface area contributed by atoms with Crippen LogP contribution in [0.15, 0.2) is 11.8 Å². The lowest BCUT2D eigenvalue weighted by molar-refractivity contribution is -0.276. The molecular formula is C7H9O2-. The van der Waals surface area contributed by atoms with Crippen molar-refractivity contribution in [3.05, 3.63) is 11.8 Å². The summed E-state index contributed by atoms with van der Waals surface area (Å²) in [5.74, 6) is 0.0521. The highest BCUT2D eigenvalue weighted by molar-refractivity contribution is 5.95. The number of allylic oxidation sites excluding steroid dienone is 1. The number of ketones is 1. The monoisotopic (exact) mass is 125 g/mol. The number of rotatable bonds is 0. The van der Waals surface area contributed by atoms with Gasteiger partial charge in [0, 0.05) is 6.42 Å². The van der Waals surface area contributed by atoms with Crippen LogP contribution in [0, 0.1) is 0 Å². The van der Waals surface area contributed by atoms with Crippen molar-refractivity contribution in [2.24, 2.45) is 0 Å². The predicted molar refractivity (Wildman–Crippen MR) is 31.6 cm³/mol. The van der Waals surface area contributed by atoms with Gasteiger partial charge in [0.2, 0.25) is 0 Å². The minimum atomic E-state index is 0.0521. The molecule has 0 amide bonds. The lowest BCUT2D eigenvalue weighted by Crippen LogP contribution is -2.10. The lowest BCUT2D eigenvalue weighted by Gasteiger charge is -2.13. The first-order valence-corrected chi connectivity index (χ1v) is 3.19. The van der Waals surface area contributed by atoms with Crippen molar-refractivity contribution >= 4 is 5.78 Å². The molecule has 0 bridgehead atoms. The van der Waals surface area contributed by atoms with Gasteiger partial charge in [0.1, 0.15) is 0 Å². The quantitative estimate of drug-likeness (QED) is 0.346. The van der Waals surface area contributed by atoms with Gasteiger partial charge in [0.25, 0.3) is 0 Å². The normalized spacial score (nSPS) is 24.9. The number of hydrogen-bond donors (Lipinski definition) is 0. The van der Waals surface area contributed by atoms with Crippen LogP contribution in [0.2, 0.25) is 0 Å². The molecule has 1 aliphatic rings. The third kappa shape index (κ3) is 1.31. The van der Waals surface area contributed by atoms with E-state index in [9.17, 15) is 9.90 Å². The molecule has 0 spiro atoms. The molecule has 0 saturated heterocycles. The maximum absolute atomic E-state index is 10.8. The van der Waals surface area contributed by atoms with Crippen molar-refractivity contribution in [2.45, 2.75) is 25.7 Å². The van der Waals surface area contributed by atoms with E-state index in [0.717, 1.165) is 12.8 Å². The number of carbonyl (C=O) groups excluding carboxylic acids is 1. The summed E-state index contributed by atoms with van der Waals surface area (Å²) in [6.45, 7) is 0. The zero-order valence-corrected chi connectivity index (χ0v) is 5.22. The summed E-state index contributed by atoms with van der Waals surface area (Å²) in [7, 11) is 0. The Morgan fingerprint density at radius 3 is 2.44 bits per heavy atom. The fraction of sp³-hybridized carbons (Fsp3) is 0.571. The van der Waals surface area contributed by atoms with Gasteiger partial charge in [-0.3, -0.25) is 4.79 Å². The first-order valence-electron chi connectivity index (χ1n) is 3.19. The van der Waals surface area contributed by atoms with Gasteiger partial charge in [0.05, 0.1) is 0 Å². The zero-order chi connectivity index (χ0) is 6.69. The topological polar surface area (TPSA) is 40.1 Å². The second-order valence-corrected chi connectivity index (χ2v) is 2.27. The summed E-state index contributed by atoms with van der Waals surface area (Å²) in [6, 6.07) is 0. The predicted octanol–water partition coefficient (Wildman–Crippen LogP) is 0.374. The molecule has 0 heterocycles. The Morgan fingerprint density at radius 2 is 2.00 bits per heavy atom. The summed E-state index contributed by atoms with van der Waals surface area (Å²) >= 11 is 0. The lowest BCUT2D eigenvalue weighted by atomic mass is 9.95. The molecule has 2 nitrogen and oxygen atoms in total. The molecule has 1 rings (SSSR count). The molecule has 0 atom stereocenters. The second kappa shape index (κ2) is 2.67. The van der Waals surface area contributed by atoms with Crippen LogP contribution in [-0.4, -0.2) is 5.78 Å². The van der Waals surface area contributed by atoms with Crippen molar-refractivity contribution in [3.8, 4) is 0 Å². The van der Waals surface area contributed by atoms with Gasteiger partial charge in [0.15, 0.2) is 5.78 Å². The third-order valence-electron chi connectivity index (χ3n) is 1.60. The Labute approximate surface area is 54.2 Å². The van der Waals surface area contributed by atoms with E-state index in [1.54, 1.807) is 0 Å². The van der Waals surface area contributed by atoms with Gasteiger partial charge in [-0.1, -0.05) is 0 Å². The highest BCUT2D eigenvalue weighted by Gasteiger charge is 2.11. The number of Topliss-reactive ketones (excluding diaryl/α,β-unsaturated/α-hetero) is 1. The number of hydrogen-bond acceptors (Lipinski definition) is 2. The smallest absolute Gasteiger partial charge is 0.157 e. The first kappa shape index (κ1) is 6.33. The molecule has 0 N–H and O–H groups in total. The van der Waals surface area contributed by atoms with Crippen LogP contribution in [0.5, 0.6) is 0 Å². The average molecular weight is 125 g/mol. The van der Waals surface area contributed by atoms with Crippen LogP contribution >= 0.6 is 0 Å². The number of carbonyl (C=O) groups is 1. The minimum absolute atomic E-state index is 0.0521. The second-order valence-electron chi connectivity index (χ2n) is 2.27. The maximum atomic E-state index is 10.8. The summed E-state index contributed by atoms with van der Waals surface area (Å²) in [4.78, 5) is 10.8. The Bertz CT molecular complexity index is 147. The largest absolute Gasteiger partial charge is 0.878 e. The van der Waals surface area contributed by atoms with E-state index >= 15 is 0 Å². The van der Waals surface area contributed by atoms with Crippen molar-refractivity contribution in [2.75, 3.05) is 0 Å². The van der Waals surface area contributed by atoms with E-state index < -0.39 is 0 Å². The SMILES string of the molecule is O=C1CCCC/C1=C\[O-]. The van der Waals surface area contributed by atoms with Gasteiger partial charge >= 0.3 is 0 Å². The van der Waals surface area contributed by atoms with E-state index in [2.05, 4.69) is 0 Å². The van der Waals surface area contributed by atoms with E-state index in [1.165, 1.54) is 0 Å². The summed E-state index contributed by atoms with van der Waals surface area (Å²) < 4.78 is 0. The molecule has 2 heteroatoms. The van der Waals surface area contributed by atoms with E-state index in [0.29, 0.717) is 24.7 Å². The molecule has 0 aromatic rings. The molecule has 1 saturated carbocycles. The molecule has 0 aliphatic heterocycles. The summed E-state index contributed by atoms with van der Waals surface area (Å²) in [5, 5.41) is 10.1. The molecule has 1 aliphatic carbocycles. The highest BCUT2D eigenvalue weighted by Crippen LogP contribution is 2.17. The van der Waals surface area contributed by atoms with Gasteiger partial charge in [-0.15, -0.1) is 6.26 Å². The molecule has 0 unspecified atom stereocenters. The van der Waals surface area contributed by atoms with Crippen molar-refractivity contribution in [1.82, 2.24) is 0 Å². The van der Waals surface area contributed by atoms with Crippen molar-refractivity contribution in [3.63, 3.8) is 0 Å². The summed E-state index contributed by atoms with van der Waals surface area (Å²) in [6.07, 6.45) is 3.92. The first-order chi connectivity index (χ1) is 4.34. The fourth-order valence-electron chi connectivity index (χ4n) is 1.03. The molecule has 0 aromatic carbocycles. The van der Waals surface area contributed by atoms with Gasteiger partial charge in [-0.2, -0.15) is 0 Å². The molecule has 1 fully saturated rings. The van der Waals surface area contributed by atoms with Crippen LogP contribution in [0.4, 0.5) is 0 Å². The molecule has 0 aromatic heterocycles. The Kier molecular flexibility index (Phi) is 1.88. The van der Waals surface area contributed by atoms with Crippen molar-refractivity contribution < 1.29 is 9.90 Å². The highest BCUT2D eigenvalue weighted by atomic mass is 16.2. The van der Waals surface area contributed by atoms with E-state index in [-0.39, 0.29) is 5.78 Å². The van der Waals surface area contributed by atoms with Gasteiger partial charge in [-0.25, -0.2) is 0 Å². The van der Waals surface area contributed by atoms with Gasteiger partial charge < -0.3 is 5.11 Å². The average Bonchev–Trinajstić information content (AvgIpc) is 1.89. The Hall–Kier alpha value is -0.790. The van der Waals surface area contributed by atoms with Gasteiger partial charge in [-0.05, 0) is 24.8 Å². The molecule has 9 heavy (non-hydrogen) atoms. The van der Waals surface area contributed by atoms with Crippen LogP contribution < -0.4 is 5.11 Å². The fourth-order valence-corrected chi connectivity index (χ4v) is 1.03. The Morgan fingerprint density at radius 1 is 1.33 bits per heavy atom. The minimum Gasteiger partial charge on any atom is -0.878 e. The van der Waals surface area contributed by atoms with Crippen LogP contribution in [0.3, 0.4) is 0 Å². The van der Waals surface area contributed by atoms with E-state index in [4.69, 9.17) is 0 Å². The van der Waals surface area contributed by atoms with Crippen LogP contribution in [0.1, 0.15) is 25.7 Å². The molecular weight excluding hydrogens is 116 g/mol. The summed E-state index contributed by atoms with van der Waals surface area (Å²) in [5.41, 5.74) is 0.487. The molecule has 0 radical (unpaired) electrons. The Balaban J connectivity index is 2.60. The zero-order valence-electron chi connectivity index (χ0n) is 5.22. The van der Waals surface area contributed by atoms with Crippen LogP contribution in [-0.2, 0) is 4.79 Å². The van der Waals surface area contributed by atoms with Crippen molar-refractivity contribution in [1.29, 1.82) is 0 Å².